The molecule has 0 atom stereocenters. The molecule has 2 heteroatoms. The Labute approximate surface area is 374 Å². The average Bonchev–Trinajstić information content (AvgIpc) is 3.26. The van der Waals surface area contributed by atoms with Gasteiger partial charge in [-0.15, -0.1) is 41.5 Å². The first kappa shape index (κ1) is 36.7. The molecule has 0 N–H and O–H groups in total. The average molecular weight is 1150 g/mol. The van der Waals surface area contributed by atoms with Crippen molar-refractivity contribution in [2.24, 2.45) is 0 Å². The maximum absolute atomic E-state index is 3.49. The summed E-state index contributed by atoms with van der Waals surface area (Å²) in [6.07, 6.45) is 0. The second kappa shape index (κ2) is 15.2. The van der Waals surface area contributed by atoms with Gasteiger partial charge >= 0.3 is 62.2 Å². The van der Waals surface area contributed by atoms with Gasteiger partial charge in [0.25, 0.3) is 0 Å². The predicted molar refractivity (Wildman–Crippen MR) is 229 cm³/mol. The molecule has 0 spiro atoms. The molecule has 0 unspecified atom stereocenters. The number of fused-ring (bicyclic) bond motifs is 12. The Morgan fingerprint density at radius 3 is 0.875 bits per heavy atom. The SMILES string of the molecule is [U+2].[U+2].[c-]1c[c-]c(-c2[c-]ccc(-c3ccc4c5ccccc5c5ccccc5c4c3)c2)cc1-c1[c-]ccc(-c2ccc3c4ccccc4c4ccccc4c3c2)c1. The van der Waals surface area contributed by atoms with Gasteiger partial charge in [0, 0.05) is 0 Å². The van der Waals surface area contributed by atoms with E-state index in [1.807, 2.05) is 18.2 Å². The molecular formula is C54H30U2. The molecule has 0 saturated carbocycles. The van der Waals surface area contributed by atoms with E-state index < -0.39 is 0 Å². The van der Waals surface area contributed by atoms with Gasteiger partial charge in [0.15, 0.2) is 0 Å². The van der Waals surface area contributed by atoms with Crippen molar-refractivity contribution in [3.8, 4) is 44.5 Å². The quantitative estimate of drug-likeness (QED) is 0.122. The molecule has 0 aromatic heterocycles. The Hall–Kier alpha value is -4.92. The van der Waals surface area contributed by atoms with Gasteiger partial charge in [0.1, 0.15) is 0 Å². The van der Waals surface area contributed by atoms with Crippen LogP contribution in [0.5, 0.6) is 0 Å². The van der Waals surface area contributed by atoms with Crippen molar-refractivity contribution >= 4 is 64.6 Å². The molecule has 0 saturated heterocycles. The van der Waals surface area contributed by atoms with Crippen molar-refractivity contribution < 1.29 is 62.2 Å². The minimum Gasteiger partial charge on any atom is -0.368 e. The first-order valence-corrected chi connectivity index (χ1v) is 18.4. The van der Waals surface area contributed by atoms with Crippen molar-refractivity contribution in [1.82, 2.24) is 0 Å². The van der Waals surface area contributed by atoms with E-state index >= 15 is 0 Å². The summed E-state index contributed by atoms with van der Waals surface area (Å²) in [6, 6.07) is 79.4. The number of hydrogen-bond acceptors (Lipinski definition) is 0. The molecule has 0 radical (unpaired) electrons. The van der Waals surface area contributed by atoms with Crippen LogP contribution in [0.3, 0.4) is 0 Å². The van der Waals surface area contributed by atoms with E-state index in [1.165, 1.54) is 75.8 Å². The second-order valence-electron chi connectivity index (χ2n) is 14.1. The molecule has 0 aliphatic rings. The Balaban J connectivity index is 0.00000205. The molecule has 0 aliphatic heterocycles. The van der Waals surface area contributed by atoms with E-state index in [4.69, 9.17) is 0 Å². The zero-order valence-corrected chi connectivity index (χ0v) is 38.6. The van der Waals surface area contributed by atoms with Crippen molar-refractivity contribution in [2.75, 3.05) is 0 Å². The van der Waals surface area contributed by atoms with Crippen molar-refractivity contribution in [3.63, 3.8) is 0 Å². The zero-order valence-electron chi connectivity index (χ0n) is 30.3. The molecule has 11 aromatic rings. The maximum atomic E-state index is 3.49. The third kappa shape index (κ3) is 6.22. The van der Waals surface area contributed by atoms with Gasteiger partial charge in [-0.3, -0.25) is 11.6 Å². The van der Waals surface area contributed by atoms with Crippen LogP contribution in [-0.4, -0.2) is 0 Å². The third-order valence-electron chi connectivity index (χ3n) is 11.1. The summed E-state index contributed by atoms with van der Waals surface area (Å²) in [7, 11) is 0. The first-order chi connectivity index (χ1) is 26.8. The molecule has 0 heterocycles. The van der Waals surface area contributed by atoms with Crippen LogP contribution in [-0.2, 0) is 0 Å². The summed E-state index contributed by atoms with van der Waals surface area (Å²) in [5, 5.41) is 15.3. The summed E-state index contributed by atoms with van der Waals surface area (Å²) in [4.78, 5) is 0. The Morgan fingerprint density at radius 2 is 0.518 bits per heavy atom. The molecule has 11 rings (SSSR count). The first-order valence-electron chi connectivity index (χ1n) is 18.4. The fraction of sp³-hybridized carbons (Fsp3) is 0. The van der Waals surface area contributed by atoms with E-state index in [1.54, 1.807) is 0 Å². The summed E-state index contributed by atoms with van der Waals surface area (Å²) in [6.45, 7) is 0. The standard InChI is InChI=1S/C54H30.2U/c1-3-22-47-43(18-1)45-20-5-7-24-49(45)53-33-41(26-28-51(47)53)39-16-10-14-37(31-39)35-12-9-13-36(30-35)38-15-11-17-40(32-38)42-27-29-52-48-23-4-2-19-44(48)46-21-6-8-25-50(46)54(52)34-42;;/h1-11,16-34H;;/q-4;2*+2. The van der Waals surface area contributed by atoms with Crippen LogP contribution in [0.4, 0.5) is 0 Å². The van der Waals surface area contributed by atoms with Gasteiger partial charge in [-0.2, -0.15) is 11.6 Å². The summed E-state index contributed by atoms with van der Waals surface area (Å²) in [5.41, 5.74) is 8.60. The van der Waals surface area contributed by atoms with E-state index in [9.17, 15) is 0 Å². The summed E-state index contributed by atoms with van der Waals surface area (Å²) < 4.78 is 0. The van der Waals surface area contributed by atoms with Crippen LogP contribution < -0.4 is 0 Å². The van der Waals surface area contributed by atoms with Crippen molar-refractivity contribution in [3.05, 3.63) is 206 Å². The van der Waals surface area contributed by atoms with Gasteiger partial charge in [-0.05, 0) is 87.9 Å². The van der Waals surface area contributed by atoms with E-state index in [0.717, 1.165) is 33.4 Å². The van der Waals surface area contributed by atoms with Crippen LogP contribution >= 0.6 is 0 Å². The summed E-state index contributed by atoms with van der Waals surface area (Å²) in [5.74, 6) is 0. The molecule has 0 fully saturated rings. The second-order valence-corrected chi connectivity index (χ2v) is 14.1. The minimum absolute atomic E-state index is 0. The van der Waals surface area contributed by atoms with Gasteiger partial charge in [0.05, 0.1) is 0 Å². The van der Waals surface area contributed by atoms with Crippen LogP contribution in [0.15, 0.2) is 182 Å². The Morgan fingerprint density at radius 1 is 0.232 bits per heavy atom. The molecule has 0 amide bonds. The van der Waals surface area contributed by atoms with Crippen LogP contribution in [0, 0.1) is 86.5 Å². The van der Waals surface area contributed by atoms with Gasteiger partial charge in [-0.1, -0.05) is 121 Å². The molecule has 0 nitrogen and oxygen atoms in total. The van der Waals surface area contributed by atoms with Gasteiger partial charge < -0.3 is 29.3 Å². The molecule has 0 aliphatic carbocycles. The van der Waals surface area contributed by atoms with Gasteiger partial charge in [0.2, 0.25) is 0 Å². The fourth-order valence-corrected chi connectivity index (χ4v) is 8.51. The fourth-order valence-electron chi connectivity index (χ4n) is 8.51. The molecule has 11 aromatic carbocycles. The van der Waals surface area contributed by atoms with Crippen molar-refractivity contribution in [2.45, 2.75) is 0 Å². The van der Waals surface area contributed by atoms with Crippen LogP contribution in [0.25, 0.3) is 109 Å². The topological polar surface area (TPSA) is 0 Å². The summed E-state index contributed by atoms with van der Waals surface area (Å²) >= 11 is 0. The number of hydrogen-bond donors (Lipinski definition) is 0. The van der Waals surface area contributed by atoms with Crippen molar-refractivity contribution in [1.29, 1.82) is 0 Å². The van der Waals surface area contributed by atoms with E-state index in [-0.39, 0.29) is 62.2 Å². The zero-order chi connectivity index (χ0) is 35.6. The van der Waals surface area contributed by atoms with Crippen LogP contribution in [0.1, 0.15) is 0 Å². The normalized spacial score (nSPS) is 11.3. The number of benzene rings is 11. The molecular weight excluding hydrogens is 1120 g/mol. The van der Waals surface area contributed by atoms with Crippen LogP contribution in [0.2, 0.25) is 0 Å². The molecule has 254 valence electrons. The number of rotatable bonds is 4. The molecule has 56 heavy (non-hydrogen) atoms. The minimum atomic E-state index is 0. The smallest absolute Gasteiger partial charge is 0.368 e. The molecule has 0 bridgehead atoms. The Kier molecular flexibility index (Phi) is 9.97. The maximum Gasteiger partial charge on any atom is 2.00 e. The van der Waals surface area contributed by atoms with Gasteiger partial charge in [-0.25, -0.2) is 12.1 Å². The Bertz CT molecular complexity index is 3000. The van der Waals surface area contributed by atoms with E-state index in [0.29, 0.717) is 0 Å². The monoisotopic (exact) mass is 1150 g/mol. The largest absolute Gasteiger partial charge is 2.00 e. The van der Waals surface area contributed by atoms with E-state index in [2.05, 4.69) is 188 Å². The third-order valence-corrected chi connectivity index (χ3v) is 11.1. The predicted octanol–water partition coefficient (Wildman–Crippen LogP) is 14.5.